The summed E-state index contributed by atoms with van der Waals surface area (Å²) in [6, 6.07) is 11.3. The van der Waals surface area contributed by atoms with Crippen molar-refractivity contribution < 1.29 is 27.9 Å². The molecule has 0 bridgehead atoms. The lowest BCUT2D eigenvalue weighted by molar-refractivity contribution is -0.119. The summed E-state index contributed by atoms with van der Waals surface area (Å²) in [5, 5.41) is 7.42. The number of ether oxygens (including phenoxy) is 3. The van der Waals surface area contributed by atoms with E-state index in [1.54, 1.807) is 31.5 Å². The zero-order chi connectivity index (χ0) is 27.4. The minimum Gasteiger partial charge on any atom is -0.496 e. The third-order valence-corrected chi connectivity index (χ3v) is 7.04. The second kappa shape index (κ2) is 11.6. The van der Waals surface area contributed by atoms with Crippen LogP contribution in [-0.2, 0) is 24.2 Å². The molecule has 2 aromatic carbocycles. The quantitative estimate of drug-likeness (QED) is 0.178. The van der Waals surface area contributed by atoms with Crippen molar-refractivity contribution in [3.05, 3.63) is 71.7 Å². The molecular weight excluding hydrogens is 523 g/mol. The molecule has 9 nitrogen and oxygen atoms in total. The number of pyridine rings is 1. The van der Waals surface area contributed by atoms with Crippen LogP contribution in [0.5, 0.6) is 23.1 Å². The van der Waals surface area contributed by atoms with Crippen LogP contribution in [0.15, 0.2) is 64.4 Å². The van der Waals surface area contributed by atoms with Gasteiger partial charge in [0.15, 0.2) is 17.2 Å². The largest absolute Gasteiger partial charge is 0.496 e. The van der Waals surface area contributed by atoms with E-state index < -0.39 is 11.7 Å². The molecule has 0 spiro atoms. The van der Waals surface area contributed by atoms with Gasteiger partial charge in [0.05, 0.1) is 18.6 Å². The van der Waals surface area contributed by atoms with E-state index in [-0.39, 0.29) is 6.54 Å². The summed E-state index contributed by atoms with van der Waals surface area (Å²) in [6.45, 7) is 5.77. The van der Waals surface area contributed by atoms with Gasteiger partial charge in [0.25, 0.3) is 5.91 Å². The SMILES string of the molecule is C=C(F)C(=O)NCc1ccc(Oc2cc3onc(NSc4cc(CC)ccc4OC)c3c3c2CCCO3)nc1. The molecule has 4 aromatic rings. The predicted molar refractivity (Wildman–Crippen MR) is 146 cm³/mol. The number of methoxy groups -OCH3 is 1. The van der Waals surface area contributed by atoms with E-state index in [0.717, 1.165) is 40.9 Å². The molecule has 2 aromatic heterocycles. The highest BCUT2D eigenvalue weighted by atomic mass is 32.2. The second-order valence-electron chi connectivity index (χ2n) is 8.78. The molecule has 0 atom stereocenters. The number of hydrogen-bond acceptors (Lipinski definition) is 9. The molecule has 11 heteroatoms. The van der Waals surface area contributed by atoms with Crippen LogP contribution in [-0.4, -0.2) is 29.8 Å². The highest BCUT2D eigenvalue weighted by Crippen LogP contribution is 2.45. The standard InChI is InChI=1S/C28H27FN4O5S/c1-4-17-7-9-20(35-3)23(12-17)39-33-27-25-22(38-32-27)13-21(19-6-5-11-36-26(19)25)37-24-10-8-18(14-30-24)15-31-28(34)16(2)29/h7-10,12-14H,2,4-6,11,15H2,1,3H3,(H,31,34)(H,32,33). The number of nitrogens with one attached hydrogen (secondary N) is 2. The van der Waals surface area contributed by atoms with Gasteiger partial charge in [-0.3, -0.25) is 4.79 Å². The number of aryl methyl sites for hydroxylation is 1. The van der Waals surface area contributed by atoms with Crippen molar-refractivity contribution in [1.29, 1.82) is 0 Å². The lowest BCUT2D eigenvalue weighted by Gasteiger charge is -2.21. The van der Waals surface area contributed by atoms with Crippen molar-refractivity contribution in [2.24, 2.45) is 0 Å². The van der Waals surface area contributed by atoms with Crippen LogP contribution in [0.1, 0.15) is 30.0 Å². The maximum atomic E-state index is 12.9. The van der Waals surface area contributed by atoms with E-state index in [0.29, 0.717) is 41.0 Å². The fourth-order valence-corrected chi connectivity index (χ4v) is 4.97. The Bertz CT molecular complexity index is 1520. The van der Waals surface area contributed by atoms with Gasteiger partial charge < -0.3 is 28.8 Å². The van der Waals surface area contributed by atoms with E-state index >= 15 is 0 Å². The van der Waals surface area contributed by atoms with Gasteiger partial charge in [-0.25, -0.2) is 9.37 Å². The Labute approximate surface area is 228 Å². The first-order valence-corrected chi connectivity index (χ1v) is 13.2. The number of anilines is 1. The van der Waals surface area contributed by atoms with Crippen LogP contribution in [0.3, 0.4) is 0 Å². The molecule has 0 fully saturated rings. The topological polar surface area (TPSA) is 108 Å². The summed E-state index contributed by atoms with van der Waals surface area (Å²) < 4.78 is 39.5. The van der Waals surface area contributed by atoms with Crippen molar-refractivity contribution in [3.63, 3.8) is 0 Å². The monoisotopic (exact) mass is 550 g/mol. The van der Waals surface area contributed by atoms with Crippen molar-refractivity contribution in [2.75, 3.05) is 18.4 Å². The van der Waals surface area contributed by atoms with Gasteiger partial charge in [-0.05, 0) is 54.5 Å². The number of fused-ring (bicyclic) bond motifs is 3. The third-order valence-electron chi connectivity index (χ3n) is 6.20. The number of rotatable bonds is 10. The van der Waals surface area contributed by atoms with E-state index in [9.17, 15) is 9.18 Å². The van der Waals surface area contributed by atoms with Gasteiger partial charge in [-0.2, -0.15) is 0 Å². The normalized spacial score (nSPS) is 12.4. The molecule has 0 saturated carbocycles. The van der Waals surface area contributed by atoms with E-state index in [4.69, 9.17) is 18.7 Å². The van der Waals surface area contributed by atoms with E-state index in [1.807, 2.05) is 12.1 Å². The van der Waals surface area contributed by atoms with E-state index in [1.165, 1.54) is 17.5 Å². The first-order chi connectivity index (χ1) is 19.0. The van der Waals surface area contributed by atoms with E-state index in [2.05, 4.69) is 39.7 Å². The Morgan fingerprint density at radius 3 is 2.79 bits per heavy atom. The highest BCUT2D eigenvalue weighted by molar-refractivity contribution is 8.00. The van der Waals surface area contributed by atoms with Gasteiger partial charge in [0.1, 0.15) is 22.6 Å². The lowest BCUT2D eigenvalue weighted by atomic mass is 10.0. The fraction of sp³-hybridized carbons (Fsp3) is 0.250. The molecule has 1 aliphatic heterocycles. The number of amides is 1. The number of nitrogens with zero attached hydrogens (tertiary/aromatic N) is 2. The van der Waals surface area contributed by atoms with Gasteiger partial charge >= 0.3 is 0 Å². The Morgan fingerprint density at radius 1 is 1.21 bits per heavy atom. The molecule has 5 rings (SSSR count). The minimum absolute atomic E-state index is 0.116. The Kier molecular flexibility index (Phi) is 7.87. The highest BCUT2D eigenvalue weighted by Gasteiger charge is 2.25. The number of carbonyl (C=O) groups excluding carboxylic acids is 1. The average Bonchev–Trinajstić information content (AvgIpc) is 3.38. The smallest absolute Gasteiger partial charge is 0.279 e. The molecule has 2 N–H and O–H groups in total. The molecule has 1 amide bonds. The number of carbonyl (C=O) groups is 1. The first-order valence-electron chi connectivity index (χ1n) is 12.4. The number of hydrogen-bond donors (Lipinski definition) is 2. The van der Waals surface area contributed by atoms with Crippen LogP contribution >= 0.6 is 11.9 Å². The summed E-state index contributed by atoms with van der Waals surface area (Å²) >= 11 is 1.39. The molecule has 3 heterocycles. The zero-order valence-corrected chi connectivity index (χ0v) is 22.3. The molecule has 39 heavy (non-hydrogen) atoms. The average molecular weight is 551 g/mol. The minimum atomic E-state index is -1.04. The van der Waals surface area contributed by atoms with Crippen LogP contribution in [0.25, 0.3) is 11.0 Å². The maximum Gasteiger partial charge on any atom is 0.279 e. The third kappa shape index (κ3) is 5.78. The Morgan fingerprint density at radius 2 is 2.05 bits per heavy atom. The summed E-state index contributed by atoms with van der Waals surface area (Å²) in [6.07, 6.45) is 4.05. The van der Waals surface area contributed by atoms with Gasteiger partial charge in [0, 0.05) is 30.4 Å². The molecule has 0 radical (unpaired) electrons. The molecule has 0 unspecified atom stereocenters. The van der Waals surface area contributed by atoms with Gasteiger partial charge in [-0.1, -0.05) is 30.8 Å². The van der Waals surface area contributed by atoms with Gasteiger partial charge in [-0.15, -0.1) is 0 Å². The summed E-state index contributed by atoms with van der Waals surface area (Å²) in [5.74, 6) is 0.987. The molecular formula is C28H27FN4O5S. The fourth-order valence-electron chi connectivity index (χ4n) is 4.16. The van der Waals surface area contributed by atoms with Crippen LogP contribution in [0.4, 0.5) is 10.2 Å². The Balaban J connectivity index is 1.38. The van der Waals surface area contributed by atoms with Crippen molar-refractivity contribution in [3.8, 4) is 23.1 Å². The zero-order valence-electron chi connectivity index (χ0n) is 21.5. The summed E-state index contributed by atoms with van der Waals surface area (Å²) in [4.78, 5) is 16.6. The molecule has 202 valence electrons. The van der Waals surface area contributed by atoms with Crippen LogP contribution < -0.4 is 24.2 Å². The van der Waals surface area contributed by atoms with Crippen molar-refractivity contribution >= 4 is 34.6 Å². The van der Waals surface area contributed by atoms with Crippen molar-refractivity contribution in [1.82, 2.24) is 15.5 Å². The molecule has 0 saturated heterocycles. The summed E-state index contributed by atoms with van der Waals surface area (Å²) in [5.41, 5.74) is 3.29. The predicted octanol–water partition coefficient (Wildman–Crippen LogP) is 6.13. The Hall–Kier alpha value is -4.25. The molecule has 0 aliphatic carbocycles. The first kappa shape index (κ1) is 26.4. The molecule has 1 aliphatic rings. The number of benzene rings is 2. The second-order valence-corrected chi connectivity index (χ2v) is 9.62. The van der Waals surface area contributed by atoms with Crippen LogP contribution in [0, 0.1) is 0 Å². The number of halogens is 1. The number of aromatic nitrogens is 2. The summed E-state index contributed by atoms with van der Waals surface area (Å²) in [7, 11) is 1.65. The van der Waals surface area contributed by atoms with Crippen LogP contribution in [0.2, 0.25) is 0 Å². The maximum absolute atomic E-state index is 12.9. The lowest BCUT2D eigenvalue weighted by Crippen LogP contribution is -2.22. The van der Waals surface area contributed by atoms with Crippen molar-refractivity contribution in [2.45, 2.75) is 37.6 Å². The van der Waals surface area contributed by atoms with Gasteiger partial charge in [0.2, 0.25) is 5.88 Å².